The van der Waals surface area contributed by atoms with Crippen molar-refractivity contribution < 1.29 is 9.53 Å². The zero-order chi connectivity index (χ0) is 20.9. The first-order valence-corrected chi connectivity index (χ1v) is 10.2. The summed E-state index contributed by atoms with van der Waals surface area (Å²) in [4.78, 5) is 29.1. The van der Waals surface area contributed by atoms with Gasteiger partial charge in [-0.1, -0.05) is 43.5 Å². The Hall–Kier alpha value is -3.48. The van der Waals surface area contributed by atoms with E-state index in [1.165, 1.54) is 11.1 Å². The van der Waals surface area contributed by atoms with Crippen LogP contribution in [0.3, 0.4) is 0 Å². The van der Waals surface area contributed by atoms with Gasteiger partial charge in [-0.25, -0.2) is 4.98 Å². The van der Waals surface area contributed by atoms with Crippen molar-refractivity contribution >= 4 is 23.0 Å². The number of carbonyl (C=O) groups is 1. The van der Waals surface area contributed by atoms with E-state index >= 15 is 0 Å². The maximum Gasteiger partial charge on any atom is 0.282 e. The molecule has 0 saturated heterocycles. The van der Waals surface area contributed by atoms with E-state index in [1.54, 1.807) is 30.5 Å². The molecule has 0 radical (unpaired) electrons. The highest BCUT2D eigenvalue weighted by molar-refractivity contribution is 5.84. The highest BCUT2D eigenvalue weighted by Gasteiger charge is 2.22. The lowest BCUT2D eigenvalue weighted by Gasteiger charge is -2.22. The Morgan fingerprint density at radius 3 is 2.67 bits per heavy atom. The van der Waals surface area contributed by atoms with Crippen LogP contribution >= 0.6 is 0 Å². The van der Waals surface area contributed by atoms with Crippen LogP contribution in [0, 0.1) is 0 Å². The number of benzene rings is 2. The second kappa shape index (κ2) is 8.90. The maximum absolute atomic E-state index is 13.2. The molecule has 2 aromatic carbocycles. The molecule has 0 atom stereocenters. The summed E-state index contributed by atoms with van der Waals surface area (Å²) in [6.45, 7) is -0.227. The van der Waals surface area contributed by atoms with E-state index in [2.05, 4.69) is 5.10 Å². The number of hydrogen-bond acceptors (Lipinski definition) is 5. The SMILES string of the molecule is NC(=O)COc1ccccc1C=Nn1c(C2CCCCC2)nc2ccccc2c1=O. The van der Waals surface area contributed by atoms with E-state index in [9.17, 15) is 9.59 Å². The fraction of sp³-hybridized carbons (Fsp3) is 0.304. The van der Waals surface area contributed by atoms with Crippen LogP contribution < -0.4 is 16.0 Å². The van der Waals surface area contributed by atoms with E-state index in [0.29, 0.717) is 28.0 Å². The number of rotatable bonds is 6. The largest absolute Gasteiger partial charge is 0.483 e. The number of nitrogens with two attached hydrogens (primary N) is 1. The van der Waals surface area contributed by atoms with Crippen LogP contribution in [0.5, 0.6) is 5.75 Å². The number of fused-ring (bicyclic) bond motifs is 1. The molecule has 0 aliphatic heterocycles. The number of primary amides is 1. The Morgan fingerprint density at radius 2 is 1.87 bits per heavy atom. The van der Waals surface area contributed by atoms with Crippen LogP contribution in [0.25, 0.3) is 10.9 Å². The quantitative estimate of drug-likeness (QED) is 0.638. The summed E-state index contributed by atoms with van der Waals surface area (Å²) in [7, 11) is 0. The molecule has 1 heterocycles. The molecule has 3 aromatic rings. The van der Waals surface area contributed by atoms with E-state index in [4.69, 9.17) is 15.5 Å². The van der Waals surface area contributed by atoms with Crippen molar-refractivity contribution in [3.63, 3.8) is 0 Å². The molecule has 1 amide bonds. The van der Waals surface area contributed by atoms with Gasteiger partial charge in [-0.2, -0.15) is 9.78 Å². The standard InChI is InChI=1S/C23H24N4O3/c24-21(28)15-30-20-13-7-4-10-17(20)14-25-27-22(16-8-2-1-3-9-16)26-19-12-6-5-11-18(19)23(27)29/h4-7,10-14,16H,1-3,8-9,15H2,(H2,24,28). The Kier molecular flexibility index (Phi) is 5.88. The van der Waals surface area contributed by atoms with Crippen molar-refractivity contribution in [3.05, 3.63) is 70.3 Å². The lowest BCUT2D eigenvalue weighted by molar-refractivity contribution is -0.119. The van der Waals surface area contributed by atoms with Crippen molar-refractivity contribution in [2.24, 2.45) is 10.8 Å². The van der Waals surface area contributed by atoms with Crippen molar-refractivity contribution in [1.82, 2.24) is 9.66 Å². The van der Waals surface area contributed by atoms with Crippen molar-refractivity contribution in [2.45, 2.75) is 38.0 Å². The molecule has 1 aliphatic carbocycles. The lowest BCUT2D eigenvalue weighted by atomic mass is 9.88. The van der Waals surface area contributed by atoms with Crippen LogP contribution in [0.2, 0.25) is 0 Å². The van der Waals surface area contributed by atoms with Crippen LogP contribution in [0.4, 0.5) is 0 Å². The number of carbonyl (C=O) groups excluding carboxylic acids is 1. The first-order valence-electron chi connectivity index (χ1n) is 10.2. The minimum Gasteiger partial charge on any atom is -0.483 e. The van der Waals surface area contributed by atoms with Crippen molar-refractivity contribution in [3.8, 4) is 5.75 Å². The Bertz CT molecular complexity index is 1150. The van der Waals surface area contributed by atoms with Gasteiger partial charge in [0, 0.05) is 11.5 Å². The monoisotopic (exact) mass is 404 g/mol. The van der Waals surface area contributed by atoms with Crippen LogP contribution in [-0.2, 0) is 4.79 Å². The third-order valence-corrected chi connectivity index (χ3v) is 5.35. The zero-order valence-electron chi connectivity index (χ0n) is 16.7. The van der Waals surface area contributed by atoms with Crippen molar-refractivity contribution in [1.29, 1.82) is 0 Å². The highest BCUT2D eigenvalue weighted by Crippen LogP contribution is 2.31. The third-order valence-electron chi connectivity index (χ3n) is 5.35. The Balaban J connectivity index is 1.77. The van der Waals surface area contributed by atoms with Crippen LogP contribution in [0.1, 0.15) is 49.4 Å². The molecule has 30 heavy (non-hydrogen) atoms. The van der Waals surface area contributed by atoms with E-state index in [0.717, 1.165) is 25.7 Å². The minimum absolute atomic E-state index is 0.187. The number of ether oxygens (including phenoxy) is 1. The van der Waals surface area contributed by atoms with Gasteiger partial charge in [0.05, 0.1) is 17.1 Å². The molecule has 0 bridgehead atoms. The van der Waals surface area contributed by atoms with E-state index in [1.807, 2.05) is 24.3 Å². The number of hydrogen-bond donors (Lipinski definition) is 1. The molecule has 0 spiro atoms. The number of nitrogens with zero attached hydrogens (tertiary/aromatic N) is 3. The number of aromatic nitrogens is 2. The molecule has 1 aliphatic rings. The smallest absolute Gasteiger partial charge is 0.282 e. The zero-order valence-corrected chi connectivity index (χ0v) is 16.7. The van der Waals surface area contributed by atoms with Gasteiger partial charge in [-0.05, 0) is 37.1 Å². The van der Waals surface area contributed by atoms with Crippen LogP contribution in [-0.4, -0.2) is 28.4 Å². The number of para-hydroxylation sites is 2. The number of amides is 1. The topological polar surface area (TPSA) is 99.6 Å². The first-order chi connectivity index (χ1) is 14.6. The molecular formula is C23H24N4O3. The third kappa shape index (κ3) is 4.25. The van der Waals surface area contributed by atoms with Gasteiger partial charge >= 0.3 is 0 Å². The molecule has 2 N–H and O–H groups in total. The fourth-order valence-corrected chi connectivity index (χ4v) is 3.86. The Morgan fingerprint density at radius 1 is 1.13 bits per heavy atom. The minimum atomic E-state index is -0.559. The van der Waals surface area contributed by atoms with Gasteiger partial charge in [-0.3, -0.25) is 9.59 Å². The summed E-state index contributed by atoms with van der Waals surface area (Å²) in [5.74, 6) is 0.817. The molecule has 1 saturated carbocycles. The molecule has 154 valence electrons. The summed E-state index contributed by atoms with van der Waals surface area (Å²) in [5.41, 5.74) is 6.33. The lowest BCUT2D eigenvalue weighted by Crippen LogP contribution is -2.25. The summed E-state index contributed by atoms with van der Waals surface area (Å²) < 4.78 is 6.89. The Labute approximate surface area is 174 Å². The molecule has 0 unspecified atom stereocenters. The van der Waals surface area contributed by atoms with Crippen molar-refractivity contribution in [2.75, 3.05) is 6.61 Å². The molecule has 4 rings (SSSR count). The fourth-order valence-electron chi connectivity index (χ4n) is 3.86. The molecular weight excluding hydrogens is 380 g/mol. The van der Waals surface area contributed by atoms with E-state index < -0.39 is 5.91 Å². The second-order valence-electron chi connectivity index (χ2n) is 7.48. The van der Waals surface area contributed by atoms with Gasteiger partial charge < -0.3 is 10.5 Å². The summed E-state index contributed by atoms with van der Waals surface area (Å²) in [5, 5.41) is 5.04. The van der Waals surface area contributed by atoms with Gasteiger partial charge in [0.1, 0.15) is 11.6 Å². The summed E-state index contributed by atoms with van der Waals surface area (Å²) >= 11 is 0. The van der Waals surface area contributed by atoms with Gasteiger partial charge in [0.15, 0.2) is 6.61 Å². The van der Waals surface area contributed by atoms with Crippen LogP contribution in [0.15, 0.2) is 58.4 Å². The normalized spacial score (nSPS) is 14.9. The first kappa shape index (κ1) is 19.8. The molecule has 1 fully saturated rings. The average molecular weight is 404 g/mol. The van der Waals surface area contributed by atoms with Gasteiger partial charge in [0.2, 0.25) is 0 Å². The highest BCUT2D eigenvalue weighted by atomic mass is 16.5. The summed E-state index contributed by atoms with van der Waals surface area (Å²) in [6, 6.07) is 14.5. The van der Waals surface area contributed by atoms with E-state index in [-0.39, 0.29) is 18.1 Å². The summed E-state index contributed by atoms with van der Waals surface area (Å²) in [6.07, 6.45) is 7.03. The average Bonchev–Trinajstić information content (AvgIpc) is 2.78. The predicted octanol–water partition coefficient (Wildman–Crippen LogP) is 3.19. The molecule has 7 heteroatoms. The molecule has 7 nitrogen and oxygen atoms in total. The maximum atomic E-state index is 13.2. The second-order valence-corrected chi connectivity index (χ2v) is 7.48. The van der Waals surface area contributed by atoms with Gasteiger partial charge in [0.25, 0.3) is 11.5 Å². The predicted molar refractivity (Wildman–Crippen MR) is 116 cm³/mol. The van der Waals surface area contributed by atoms with Gasteiger partial charge in [-0.15, -0.1) is 0 Å². The molecule has 1 aromatic heterocycles.